The Hall–Kier alpha value is -3.49. The highest BCUT2D eigenvalue weighted by Gasteiger charge is 2.11. The Balaban J connectivity index is 2.24. The van der Waals surface area contributed by atoms with Crippen LogP contribution in [0.1, 0.15) is 11.4 Å². The van der Waals surface area contributed by atoms with Gasteiger partial charge in [-0.3, -0.25) is 24.1 Å². The fourth-order valence-electron chi connectivity index (χ4n) is 2.01. The number of aryl methyl sites for hydroxylation is 1. The number of nitrogens with one attached hydrogen (secondary N) is 2. The van der Waals surface area contributed by atoms with E-state index in [0.717, 1.165) is 10.6 Å². The van der Waals surface area contributed by atoms with Crippen molar-refractivity contribution in [1.82, 2.24) is 24.5 Å². The number of rotatable bonds is 2. The summed E-state index contributed by atoms with van der Waals surface area (Å²) in [5.74, 6) is -0.274. The van der Waals surface area contributed by atoms with Gasteiger partial charge in [0.1, 0.15) is 22.8 Å². The number of aromatic nitrogens is 5. The van der Waals surface area contributed by atoms with Crippen LogP contribution in [0.15, 0.2) is 38.8 Å². The molecule has 0 atom stereocenters. The van der Waals surface area contributed by atoms with Crippen molar-refractivity contribution in [3.63, 3.8) is 0 Å². The van der Waals surface area contributed by atoms with Gasteiger partial charge in [-0.05, 0) is 12.1 Å². The van der Waals surface area contributed by atoms with Crippen molar-refractivity contribution >= 4 is 23.0 Å². The third-order valence-corrected chi connectivity index (χ3v) is 3.20. The summed E-state index contributed by atoms with van der Waals surface area (Å²) in [7, 11) is 1.39. The van der Waals surface area contributed by atoms with Crippen LogP contribution < -0.4 is 16.8 Å². The van der Waals surface area contributed by atoms with Crippen LogP contribution in [-0.2, 0) is 7.05 Å². The third-order valence-electron chi connectivity index (χ3n) is 3.20. The lowest BCUT2D eigenvalue weighted by Gasteiger charge is -2.03. The second-order valence-corrected chi connectivity index (χ2v) is 4.71. The lowest BCUT2D eigenvalue weighted by molar-refractivity contribution is 0.512. The van der Waals surface area contributed by atoms with E-state index in [9.17, 15) is 19.5 Å². The molecular formula is C14H11N5O4. The summed E-state index contributed by atoms with van der Waals surface area (Å²) in [5.41, 5.74) is -2.09. The predicted molar refractivity (Wildman–Crippen MR) is 83.0 cm³/mol. The van der Waals surface area contributed by atoms with Crippen molar-refractivity contribution in [2.75, 3.05) is 0 Å². The van der Waals surface area contributed by atoms with Crippen molar-refractivity contribution in [2.24, 2.45) is 7.05 Å². The Morgan fingerprint density at radius 1 is 1.22 bits per heavy atom. The topological polar surface area (TPSA) is 134 Å². The van der Waals surface area contributed by atoms with Crippen LogP contribution in [0.3, 0.4) is 0 Å². The Morgan fingerprint density at radius 2 is 2.00 bits per heavy atom. The van der Waals surface area contributed by atoms with Gasteiger partial charge in [0.05, 0.1) is 0 Å². The molecule has 9 heteroatoms. The first-order valence-electron chi connectivity index (χ1n) is 6.53. The van der Waals surface area contributed by atoms with Gasteiger partial charge in [-0.15, -0.1) is 0 Å². The normalized spacial score (nSPS) is 11.8. The molecule has 9 nitrogen and oxygen atoms in total. The number of pyridine rings is 1. The summed E-state index contributed by atoms with van der Waals surface area (Å²) >= 11 is 0. The van der Waals surface area contributed by atoms with E-state index >= 15 is 0 Å². The van der Waals surface area contributed by atoms with Crippen molar-refractivity contribution in [3.05, 3.63) is 67.0 Å². The number of fused-ring (bicyclic) bond motifs is 1. The molecule has 0 bridgehead atoms. The summed E-state index contributed by atoms with van der Waals surface area (Å²) in [6.45, 7) is 0. The molecule has 0 saturated heterocycles. The van der Waals surface area contributed by atoms with E-state index in [1.807, 2.05) is 0 Å². The quantitative estimate of drug-likeness (QED) is 0.559. The molecule has 3 aromatic heterocycles. The van der Waals surface area contributed by atoms with Gasteiger partial charge < -0.3 is 10.1 Å². The van der Waals surface area contributed by atoms with Crippen LogP contribution in [0.5, 0.6) is 0 Å². The van der Waals surface area contributed by atoms with Crippen LogP contribution in [0.25, 0.3) is 23.0 Å². The number of hydrogen-bond acceptors (Lipinski definition) is 6. The maximum absolute atomic E-state index is 12.1. The lowest BCUT2D eigenvalue weighted by atomic mass is 10.2. The zero-order chi connectivity index (χ0) is 16.6. The third kappa shape index (κ3) is 2.55. The molecule has 116 valence electrons. The smallest absolute Gasteiger partial charge is 0.329 e. The van der Waals surface area contributed by atoms with Gasteiger partial charge in [-0.2, -0.15) is 0 Å². The van der Waals surface area contributed by atoms with Crippen LogP contribution in [0.4, 0.5) is 0 Å². The zero-order valence-corrected chi connectivity index (χ0v) is 11.9. The largest absolute Gasteiger partial charge is 0.506 e. The fraction of sp³-hybridized carbons (Fsp3) is 0.0714. The summed E-state index contributed by atoms with van der Waals surface area (Å²) in [4.78, 5) is 47.8. The molecule has 0 aliphatic carbocycles. The van der Waals surface area contributed by atoms with E-state index in [-0.39, 0.29) is 28.3 Å². The standard InChI is InChI=1S/C14H11N5O4/c1-19-11-10(13(22)18-14(19)23)16-8(12(21)17-11)6-9(20)7-4-2-3-5-15-7/h2-6,20H,1H3,(H,17,21)(H,18,22,23)/b9-6-. The Bertz CT molecular complexity index is 1090. The van der Waals surface area contributed by atoms with Crippen LogP contribution >= 0.6 is 0 Å². The maximum atomic E-state index is 12.1. The number of aromatic amines is 2. The van der Waals surface area contributed by atoms with Gasteiger partial charge in [-0.1, -0.05) is 6.07 Å². The molecule has 0 amide bonds. The molecule has 0 radical (unpaired) electrons. The number of H-pyrrole nitrogens is 2. The highest BCUT2D eigenvalue weighted by atomic mass is 16.3. The summed E-state index contributed by atoms with van der Waals surface area (Å²) in [6.07, 6.45) is 2.59. The first-order valence-corrected chi connectivity index (χ1v) is 6.53. The number of aliphatic hydroxyl groups is 1. The van der Waals surface area contributed by atoms with E-state index in [1.165, 1.54) is 13.2 Å². The summed E-state index contributed by atoms with van der Waals surface area (Å²) in [5, 5.41) is 10.0. The van der Waals surface area contributed by atoms with Crippen molar-refractivity contribution in [2.45, 2.75) is 0 Å². The van der Waals surface area contributed by atoms with Gasteiger partial charge in [0.2, 0.25) is 0 Å². The van der Waals surface area contributed by atoms with Crippen molar-refractivity contribution < 1.29 is 5.11 Å². The number of aliphatic hydroxyl groups excluding tert-OH is 1. The highest BCUT2D eigenvalue weighted by molar-refractivity contribution is 5.76. The first-order chi connectivity index (χ1) is 11.0. The molecule has 3 N–H and O–H groups in total. The summed E-state index contributed by atoms with van der Waals surface area (Å²) in [6, 6.07) is 4.90. The Labute approximate surface area is 127 Å². The molecule has 0 spiro atoms. The molecule has 3 heterocycles. The highest BCUT2D eigenvalue weighted by Crippen LogP contribution is 2.10. The molecule has 0 unspecified atom stereocenters. The molecule has 3 aromatic rings. The first kappa shape index (κ1) is 14.4. The van der Waals surface area contributed by atoms with Gasteiger partial charge in [0.15, 0.2) is 5.52 Å². The molecule has 0 aliphatic heterocycles. The monoisotopic (exact) mass is 313 g/mol. The molecule has 3 rings (SSSR count). The second-order valence-electron chi connectivity index (χ2n) is 4.71. The minimum Gasteiger partial charge on any atom is -0.506 e. The molecule has 0 aliphatic rings. The Kier molecular flexibility index (Phi) is 3.37. The minimum atomic E-state index is -0.730. The molecule has 0 fully saturated rings. The van der Waals surface area contributed by atoms with Gasteiger partial charge in [0, 0.05) is 19.3 Å². The lowest BCUT2D eigenvalue weighted by Crippen LogP contribution is -2.31. The fourth-order valence-corrected chi connectivity index (χ4v) is 2.01. The second kappa shape index (κ2) is 5.37. The van der Waals surface area contributed by atoms with Gasteiger partial charge in [-0.25, -0.2) is 9.78 Å². The van der Waals surface area contributed by atoms with Crippen LogP contribution in [0.2, 0.25) is 0 Å². The van der Waals surface area contributed by atoms with Gasteiger partial charge in [0.25, 0.3) is 11.1 Å². The number of nitrogens with zero attached hydrogens (tertiary/aromatic N) is 3. The van der Waals surface area contributed by atoms with Crippen molar-refractivity contribution in [3.8, 4) is 0 Å². The maximum Gasteiger partial charge on any atom is 0.329 e. The van der Waals surface area contributed by atoms with E-state index in [1.54, 1.807) is 18.2 Å². The number of hydrogen-bond donors (Lipinski definition) is 3. The average molecular weight is 313 g/mol. The van der Waals surface area contributed by atoms with E-state index < -0.39 is 16.8 Å². The van der Waals surface area contributed by atoms with Crippen molar-refractivity contribution in [1.29, 1.82) is 0 Å². The molecular weight excluding hydrogens is 302 g/mol. The SMILES string of the molecule is Cn1c(=O)[nH]c(=O)c2nc(/C=C(\O)c3ccccn3)c(=O)[nH]c21. The molecule has 23 heavy (non-hydrogen) atoms. The predicted octanol–water partition coefficient (Wildman–Crippen LogP) is -0.239. The average Bonchev–Trinajstić information content (AvgIpc) is 2.55. The minimum absolute atomic E-state index is 0.00164. The van der Waals surface area contributed by atoms with Crippen LogP contribution in [-0.4, -0.2) is 29.6 Å². The zero-order valence-electron chi connectivity index (χ0n) is 11.9. The van der Waals surface area contributed by atoms with Gasteiger partial charge >= 0.3 is 5.69 Å². The summed E-state index contributed by atoms with van der Waals surface area (Å²) < 4.78 is 1.07. The Morgan fingerprint density at radius 3 is 2.70 bits per heavy atom. The molecule has 0 saturated carbocycles. The van der Waals surface area contributed by atoms with E-state index in [4.69, 9.17) is 0 Å². The van der Waals surface area contributed by atoms with E-state index in [2.05, 4.69) is 19.9 Å². The molecule has 0 aromatic carbocycles. The van der Waals surface area contributed by atoms with E-state index in [0.29, 0.717) is 0 Å². The van der Waals surface area contributed by atoms with Crippen LogP contribution in [0, 0.1) is 0 Å².